The fraction of sp³-hybridized carbons (Fsp3) is 0.273. The van der Waals surface area contributed by atoms with E-state index < -0.39 is 17.6 Å². The van der Waals surface area contributed by atoms with Crippen LogP contribution in [0.2, 0.25) is 5.02 Å². The summed E-state index contributed by atoms with van der Waals surface area (Å²) in [7, 11) is 0. The fourth-order valence-corrected chi connectivity index (χ4v) is 1.68. The molecule has 0 saturated heterocycles. The lowest BCUT2D eigenvalue weighted by atomic mass is 10.00. The second-order valence-corrected chi connectivity index (χ2v) is 3.97. The summed E-state index contributed by atoms with van der Waals surface area (Å²) in [6, 6.07) is 1.95. The Labute approximate surface area is 105 Å². The molecule has 0 fully saturated rings. The summed E-state index contributed by atoms with van der Waals surface area (Å²) >= 11 is 5.84. The van der Waals surface area contributed by atoms with Gasteiger partial charge in [0.2, 0.25) is 0 Å². The Kier molecular flexibility index (Phi) is 5.79. The van der Waals surface area contributed by atoms with Crippen LogP contribution in [0.3, 0.4) is 0 Å². The fourth-order valence-electron chi connectivity index (χ4n) is 1.39. The Balaban J connectivity index is 0.00000225. The van der Waals surface area contributed by atoms with Gasteiger partial charge < -0.3 is 10.8 Å². The molecule has 16 heavy (non-hydrogen) atoms. The van der Waals surface area contributed by atoms with E-state index in [2.05, 4.69) is 6.58 Å². The molecular formula is C11H14Cl2FNO. The minimum absolute atomic E-state index is 0. The van der Waals surface area contributed by atoms with Crippen molar-refractivity contribution in [3.63, 3.8) is 0 Å². The molecule has 3 N–H and O–H groups in total. The van der Waals surface area contributed by atoms with Gasteiger partial charge in [-0.1, -0.05) is 17.2 Å². The molecule has 1 aromatic carbocycles. The Morgan fingerprint density at radius 2 is 2.19 bits per heavy atom. The normalized spacial score (nSPS) is 11.8. The lowest BCUT2D eigenvalue weighted by molar-refractivity contribution is 0.420. The monoisotopic (exact) mass is 265 g/mol. The van der Waals surface area contributed by atoms with Crippen molar-refractivity contribution < 1.29 is 9.50 Å². The maximum Gasteiger partial charge on any atom is 0.165 e. The average Bonchev–Trinajstić information content (AvgIpc) is 2.11. The van der Waals surface area contributed by atoms with Gasteiger partial charge in [0.25, 0.3) is 0 Å². The predicted molar refractivity (Wildman–Crippen MR) is 66.7 cm³/mol. The van der Waals surface area contributed by atoms with E-state index in [4.69, 9.17) is 17.3 Å². The number of nitrogens with two attached hydrogens (primary N) is 1. The third-order valence-corrected chi connectivity index (χ3v) is 2.38. The second kappa shape index (κ2) is 6.09. The van der Waals surface area contributed by atoms with E-state index in [0.29, 0.717) is 6.42 Å². The maximum atomic E-state index is 13.1. The third-order valence-electron chi connectivity index (χ3n) is 2.05. The van der Waals surface area contributed by atoms with Gasteiger partial charge in [-0.2, -0.15) is 0 Å². The molecule has 1 rings (SSSR count). The molecule has 0 spiro atoms. The van der Waals surface area contributed by atoms with Crippen LogP contribution >= 0.6 is 24.0 Å². The zero-order valence-corrected chi connectivity index (χ0v) is 10.4. The minimum Gasteiger partial charge on any atom is -0.505 e. The Bertz CT molecular complexity index is 396. The number of halogens is 3. The number of rotatable bonds is 3. The standard InChI is InChI=1S/C11H13ClFNO.ClH/c1-6(2)5-9(14)10-7(12)3-4-8(13)11(10)15;/h3-4,9,15H,1,5,14H2,2H3;1H/t9-;/m0./s1. The van der Waals surface area contributed by atoms with Crippen LogP contribution in [-0.4, -0.2) is 5.11 Å². The molecule has 5 heteroatoms. The molecule has 0 aromatic heterocycles. The molecule has 0 aliphatic heterocycles. The topological polar surface area (TPSA) is 46.2 Å². The highest BCUT2D eigenvalue weighted by Crippen LogP contribution is 2.34. The van der Waals surface area contributed by atoms with Crippen molar-refractivity contribution >= 4 is 24.0 Å². The average molecular weight is 266 g/mol. The summed E-state index contributed by atoms with van der Waals surface area (Å²) in [4.78, 5) is 0. The number of benzene rings is 1. The quantitative estimate of drug-likeness (QED) is 0.821. The van der Waals surface area contributed by atoms with Gasteiger partial charge in [-0.15, -0.1) is 19.0 Å². The minimum atomic E-state index is -0.716. The molecule has 0 bridgehead atoms. The first-order valence-corrected chi connectivity index (χ1v) is 4.88. The number of aromatic hydroxyl groups is 1. The van der Waals surface area contributed by atoms with Gasteiger partial charge in [0.15, 0.2) is 11.6 Å². The largest absolute Gasteiger partial charge is 0.505 e. The van der Waals surface area contributed by atoms with E-state index in [-0.39, 0.29) is 23.0 Å². The molecule has 2 nitrogen and oxygen atoms in total. The van der Waals surface area contributed by atoms with Gasteiger partial charge in [0, 0.05) is 16.6 Å². The molecule has 0 saturated carbocycles. The molecule has 0 unspecified atom stereocenters. The van der Waals surface area contributed by atoms with Gasteiger partial charge >= 0.3 is 0 Å². The summed E-state index contributed by atoms with van der Waals surface area (Å²) < 4.78 is 13.1. The highest BCUT2D eigenvalue weighted by molar-refractivity contribution is 6.31. The van der Waals surface area contributed by atoms with Crippen LogP contribution in [0.4, 0.5) is 4.39 Å². The molecule has 0 radical (unpaired) electrons. The Hall–Kier alpha value is -0.770. The number of hydrogen-bond donors (Lipinski definition) is 2. The molecule has 1 atom stereocenters. The highest BCUT2D eigenvalue weighted by Gasteiger charge is 2.18. The molecule has 0 aliphatic carbocycles. The lowest BCUT2D eigenvalue weighted by Crippen LogP contribution is -2.11. The van der Waals surface area contributed by atoms with E-state index in [1.54, 1.807) is 0 Å². The van der Waals surface area contributed by atoms with Crippen LogP contribution in [0.5, 0.6) is 5.75 Å². The summed E-state index contributed by atoms with van der Waals surface area (Å²) in [5.74, 6) is -1.19. The van der Waals surface area contributed by atoms with E-state index >= 15 is 0 Å². The van der Waals surface area contributed by atoms with Crippen molar-refractivity contribution in [1.82, 2.24) is 0 Å². The van der Waals surface area contributed by atoms with E-state index in [9.17, 15) is 9.50 Å². The third kappa shape index (κ3) is 3.37. The van der Waals surface area contributed by atoms with E-state index in [1.165, 1.54) is 6.07 Å². The zero-order chi connectivity index (χ0) is 11.6. The van der Waals surface area contributed by atoms with E-state index in [0.717, 1.165) is 11.6 Å². The maximum absolute atomic E-state index is 13.1. The Morgan fingerprint density at radius 1 is 1.62 bits per heavy atom. The zero-order valence-electron chi connectivity index (χ0n) is 8.84. The van der Waals surface area contributed by atoms with Crippen LogP contribution in [0, 0.1) is 5.82 Å². The van der Waals surface area contributed by atoms with Crippen molar-refractivity contribution in [3.05, 3.63) is 40.7 Å². The predicted octanol–water partition coefficient (Wildman–Crippen LogP) is 3.57. The van der Waals surface area contributed by atoms with Gasteiger partial charge in [0.05, 0.1) is 0 Å². The first-order chi connectivity index (χ1) is 6.93. The van der Waals surface area contributed by atoms with Crippen LogP contribution in [0.25, 0.3) is 0 Å². The summed E-state index contributed by atoms with van der Waals surface area (Å²) in [5, 5.41) is 9.76. The van der Waals surface area contributed by atoms with Gasteiger partial charge in [-0.3, -0.25) is 0 Å². The molecule has 1 aromatic rings. The molecule has 0 heterocycles. The second-order valence-electron chi connectivity index (χ2n) is 3.56. The van der Waals surface area contributed by atoms with Gasteiger partial charge in [-0.05, 0) is 25.5 Å². The number of phenols is 1. The molecule has 0 amide bonds. The number of hydrogen-bond acceptors (Lipinski definition) is 2. The van der Waals surface area contributed by atoms with Crippen LogP contribution < -0.4 is 5.73 Å². The van der Waals surface area contributed by atoms with Crippen molar-refractivity contribution in [2.24, 2.45) is 5.73 Å². The first-order valence-electron chi connectivity index (χ1n) is 4.50. The molecule has 0 aliphatic rings. The van der Waals surface area contributed by atoms with Crippen molar-refractivity contribution in [2.75, 3.05) is 0 Å². The molecular weight excluding hydrogens is 252 g/mol. The van der Waals surface area contributed by atoms with Crippen molar-refractivity contribution in [1.29, 1.82) is 0 Å². The van der Waals surface area contributed by atoms with Gasteiger partial charge in [0.1, 0.15) is 0 Å². The lowest BCUT2D eigenvalue weighted by Gasteiger charge is -2.15. The van der Waals surface area contributed by atoms with Crippen molar-refractivity contribution in [2.45, 2.75) is 19.4 Å². The summed E-state index contributed by atoms with van der Waals surface area (Å²) in [6.07, 6.45) is 0.455. The smallest absolute Gasteiger partial charge is 0.165 e. The highest BCUT2D eigenvalue weighted by atomic mass is 35.5. The van der Waals surface area contributed by atoms with Crippen LogP contribution in [0.15, 0.2) is 24.3 Å². The van der Waals surface area contributed by atoms with Crippen LogP contribution in [-0.2, 0) is 0 Å². The summed E-state index contributed by atoms with van der Waals surface area (Å²) in [5.41, 5.74) is 6.88. The van der Waals surface area contributed by atoms with Crippen molar-refractivity contribution in [3.8, 4) is 5.75 Å². The van der Waals surface area contributed by atoms with Gasteiger partial charge in [-0.25, -0.2) is 4.39 Å². The number of phenolic OH excluding ortho intramolecular Hbond substituents is 1. The SMILES string of the molecule is C=C(C)C[C@H](N)c1c(Cl)ccc(F)c1O.Cl. The molecule has 90 valence electrons. The summed E-state index contributed by atoms with van der Waals surface area (Å²) in [6.45, 7) is 5.51. The Morgan fingerprint density at radius 3 is 2.69 bits per heavy atom. The van der Waals surface area contributed by atoms with E-state index in [1.807, 2.05) is 6.92 Å². The van der Waals surface area contributed by atoms with Crippen LogP contribution in [0.1, 0.15) is 24.9 Å². The first kappa shape index (κ1) is 15.2.